The van der Waals surface area contributed by atoms with E-state index in [0.29, 0.717) is 6.04 Å². The van der Waals surface area contributed by atoms with Crippen molar-refractivity contribution in [1.82, 2.24) is 15.3 Å². The minimum atomic E-state index is 0.353. The normalized spacial score (nSPS) is 13.1. The van der Waals surface area contributed by atoms with E-state index in [-0.39, 0.29) is 0 Å². The third-order valence-corrected chi connectivity index (χ3v) is 3.23. The molecule has 0 aliphatic heterocycles. The third-order valence-electron chi connectivity index (χ3n) is 3.23. The van der Waals surface area contributed by atoms with Crippen molar-refractivity contribution in [3.05, 3.63) is 23.8 Å². The quantitative estimate of drug-likeness (QED) is 0.802. The second-order valence-corrected chi connectivity index (χ2v) is 4.29. The SMILES string of the molecule is CCC(CC)CC(NC)c1ccnc(C)n1. The van der Waals surface area contributed by atoms with Crippen molar-refractivity contribution in [2.75, 3.05) is 7.05 Å². The van der Waals surface area contributed by atoms with Gasteiger partial charge in [0.1, 0.15) is 5.82 Å². The molecule has 3 nitrogen and oxygen atoms in total. The van der Waals surface area contributed by atoms with Gasteiger partial charge in [0.05, 0.1) is 5.69 Å². The monoisotopic (exact) mass is 221 g/mol. The van der Waals surface area contributed by atoms with E-state index in [0.717, 1.165) is 23.9 Å². The summed E-state index contributed by atoms with van der Waals surface area (Å²) >= 11 is 0. The van der Waals surface area contributed by atoms with Crippen LogP contribution in [-0.2, 0) is 0 Å². The summed E-state index contributed by atoms with van der Waals surface area (Å²) in [6.45, 7) is 6.45. The molecule has 0 aliphatic carbocycles. The molecule has 1 rings (SSSR count). The van der Waals surface area contributed by atoms with Gasteiger partial charge in [0.2, 0.25) is 0 Å². The zero-order valence-corrected chi connectivity index (χ0v) is 10.8. The summed E-state index contributed by atoms with van der Waals surface area (Å²) in [7, 11) is 2.00. The molecular weight excluding hydrogens is 198 g/mol. The first-order valence-corrected chi connectivity index (χ1v) is 6.18. The summed E-state index contributed by atoms with van der Waals surface area (Å²) in [5.41, 5.74) is 1.11. The minimum Gasteiger partial charge on any atom is -0.312 e. The number of aromatic nitrogens is 2. The molecule has 0 saturated heterocycles. The smallest absolute Gasteiger partial charge is 0.125 e. The first kappa shape index (κ1) is 13.1. The molecule has 0 saturated carbocycles. The van der Waals surface area contributed by atoms with Gasteiger partial charge in [-0.15, -0.1) is 0 Å². The lowest BCUT2D eigenvalue weighted by molar-refractivity contribution is 0.380. The van der Waals surface area contributed by atoms with Crippen LogP contribution in [0.5, 0.6) is 0 Å². The van der Waals surface area contributed by atoms with E-state index >= 15 is 0 Å². The fourth-order valence-electron chi connectivity index (χ4n) is 2.01. The fraction of sp³-hybridized carbons (Fsp3) is 0.692. The minimum absolute atomic E-state index is 0.353. The highest BCUT2D eigenvalue weighted by Crippen LogP contribution is 2.23. The summed E-state index contributed by atoms with van der Waals surface area (Å²) < 4.78 is 0. The Labute approximate surface area is 98.7 Å². The zero-order chi connectivity index (χ0) is 12.0. The van der Waals surface area contributed by atoms with Crippen molar-refractivity contribution in [2.24, 2.45) is 5.92 Å². The van der Waals surface area contributed by atoms with Crippen molar-refractivity contribution in [3.63, 3.8) is 0 Å². The molecule has 0 amide bonds. The Morgan fingerprint density at radius 3 is 2.50 bits per heavy atom. The topological polar surface area (TPSA) is 37.8 Å². The standard InChI is InChI=1S/C13H23N3/c1-5-11(6-2)9-13(14-4)12-7-8-15-10(3)16-12/h7-8,11,13-14H,5-6,9H2,1-4H3. The van der Waals surface area contributed by atoms with Crippen molar-refractivity contribution in [2.45, 2.75) is 46.1 Å². The molecule has 0 spiro atoms. The second-order valence-electron chi connectivity index (χ2n) is 4.29. The summed E-state index contributed by atoms with van der Waals surface area (Å²) in [5.74, 6) is 1.62. The first-order chi connectivity index (χ1) is 7.71. The first-order valence-electron chi connectivity index (χ1n) is 6.18. The summed E-state index contributed by atoms with van der Waals surface area (Å²) in [6.07, 6.45) is 5.46. The van der Waals surface area contributed by atoms with E-state index in [4.69, 9.17) is 0 Å². The highest BCUT2D eigenvalue weighted by Gasteiger charge is 2.15. The van der Waals surface area contributed by atoms with Gasteiger partial charge in [-0.1, -0.05) is 26.7 Å². The maximum Gasteiger partial charge on any atom is 0.125 e. The third kappa shape index (κ3) is 3.56. The van der Waals surface area contributed by atoms with E-state index in [2.05, 4.69) is 29.1 Å². The Balaban J connectivity index is 2.74. The van der Waals surface area contributed by atoms with Crippen molar-refractivity contribution in [3.8, 4) is 0 Å². The average molecular weight is 221 g/mol. The number of rotatable bonds is 6. The van der Waals surface area contributed by atoms with Crippen LogP contribution in [-0.4, -0.2) is 17.0 Å². The van der Waals surface area contributed by atoms with Crippen LogP contribution in [0.2, 0.25) is 0 Å². The van der Waals surface area contributed by atoms with E-state index in [9.17, 15) is 0 Å². The van der Waals surface area contributed by atoms with Crippen LogP contribution in [0.3, 0.4) is 0 Å². The molecule has 1 N–H and O–H groups in total. The molecule has 3 heteroatoms. The zero-order valence-electron chi connectivity index (χ0n) is 10.8. The predicted molar refractivity (Wildman–Crippen MR) is 67.3 cm³/mol. The molecule has 16 heavy (non-hydrogen) atoms. The Bertz CT molecular complexity index is 308. The number of hydrogen-bond acceptors (Lipinski definition) is 3. The highest BCUT2D eigenvalue weighted by atomic mass is 14.9. The molecule has 1 heterocycles. The number of aryl methyl sites for hydroxylation is 1. The van der Waals surface area contributed by atoms with Gasteiger partial charge in [-0.25, -0.2) is 9.97 Å². The maximum atomic E-state index is 4.49. The van der Waals surface area contributed by atoms with Gasteiger partial charge in [-0.3, -0.25) is 0 Å². The van der Waals surface area contributed by atoms with Crippen molar-refractivity contribution < 1.29 is 0 Å². The van der Waals surface area contributed by atoms with Crippen LogP contribution in [0.1, 0.15) is 50.7 Å². The number of nitrogens with one attached hydrogen (secondary N) is 1. The molecule has 0 aromatic carbocycles. The molecular formula is C13H23N3. The van der Waals surface area contributed by atoms with Crippen molar-refractivity contribution >= 4 is 0 Å². The maximum absolute atomic E-state index is 4.49. The lowest BCUT2D eigenvalue weighted by Gasteiger charge is -2.21. The highest BCUT2D eigenvalue weighted by molar-refractivity contribution is 5.07. The summed E-state index contributed by atoms with van der Waals surface area (Å²) in [5, 5.41) is 3.35. The Kier molecular flexibility index (Phi) is 5.39. The molecule has 0 aliphatic rings. The molecule has 1 atom stereocenters. The largest absolute Gasteiger partial charge is 0.312 e. The molecule has 0 bridgehead atoms. The predicted octanol–water partition coefficient (Wildman–Crippen LogP) is 2.87. The Morgan fingerprint density at radius 2 is 2.00 bits per heavy atom. The summed E-state index contributed by atoms with van der Waals surface area (Å²) in [4.78, 5) is 8.63. The van der Waals surface area contributed by atoms with Crippen LogP contribution < -0.4 is 5.32 Å². The van der Waals surface area contributed by atoms with Gasteiger partial charge < -0.3 is 5.32 Å². The van der Waals surface area contributed by atoms with Gasteiger partial charge in [-0.2, -0.15) is 0 Å². The van der Waals surface area contributed by atoms with Gasteiger partial charge in [-0.05, 0) is 32.4 Å². The van der Waals surface area contributed by atoms with E-state index < -0.39 is 0 Å². The lowest BCUT2D eigenvalue weighted by atomic mass is 9.93. The molecule has 1 unspecified atom stereocenters. The van der Waals surface area contributed by atoms with Gasteiger partial charge in [0.15, 0.2) is 0 Å². The van der Waals surface area contributed by atoms with Crippen LogP contribution in [0, 0.1) is 12.8 Å². The molecule has 0 radical (unpaired) electrons. The van der Waals surface area contributed by atoms with E-state index in [1.54, 1.807) is 0 Å². The Hall–Kier alpha value is -0.960. The van der Waals surface area contributed by atoms with Gasteiger partial charge >= 0.3 is 0 Å². The average Bonchev–Trinajstić information content (AvgIpc) is 2.31. The van der Waals surface area contributed by atoms with Crippen LogP contribution in [0.4, 0.5) is 0 Å². The van der Waals surface area contributed by atoms with Crippen LogP contribution >= 0.6 is 0 Å². The summed E-state index contributed by atoms with van der Waals surface area (Å²) in [6, 6.07) is 2.36. The molecule has 1 aromatic heterocycles. The van der Waals surface area contributed by atoms with Gasteiger partial charge in [0, 0.05) is 12.2 Å². The van der Waals surface area contributed by atoms with E-state index in [1.165, 1.54) is 12.8 Å². The Morgan fingerprint density at radius 1 is 1.31 bits per heavy atom. The van der Waals surface area contributed by atoms with E-state index in [1.807, 2.05) is 26.2 Å². The molecule has 90 valence electrons. The van der Waals surface area contributed by atoms with Crippen LogP contribution in [0.15, 0.2) is 12.3 Å². The second kappa shape index (κ2) is 6.59. The molecule has 1 aromatic rings. The lowest BCUT2D eigenvalue weighted by Crippen LogP contribution is -2.21. The number of nitrogens with zero attached hydrogens (tertiary/aromatic N) is 2. The fourth-order valence-corrected chi connectivity index (χ4v) is 2.01. The van der Waals surface area contributed by atoms with Crippen LogP contribution in [0.25, 0.3) is 0 Å². The number of hydrogen-bond donors (Lipinski definition) is 1. The molecule has 0 fully saturated rings. The van der Waals surface area contributed by atoms with Crippen molar-refractivity contribution in [1.29, 1.82) is 0 Å². The van der Waals surface area contributed by atoms with Gasteiger partial charge in [0.25, 0.3) is 0 Å².